The summed E-state index contributed by atoms with van der Waals surface area (Å²) < 4.78 is 16.8. The molecule has 3 N–H and O–H groups in total. The Hall–Kier alpha value is -2.56. The summed E-state index contributed by atoms with van der Waals surface area (Å²) in [6.45, 7) is 4.98. The van der Waals surface area contributed by atoms with Crippen molar-refractivity contribution in [1.29, 1.82) is 0 Å². The standard InChI is InChI=1S/C33H46N3O6PS2/c1-26(2)43(40,41)42-22-10-4-3-9-20-34-31(37)18-23-44-45-24-19-32(38)35-21-17-33(39)36-25-29-13-6-5-11-27(29)15-16-28-12-7-8-14-30(28)36/h5-8,11-16,26H,3-4,9-10,17-25H2,1-2H3,(H,34,37)(H,35,38)(H,40,41)/b16-15-. The number of amides is 3. The summed E-state index contributed by atoms with van der Waals surface area (Å²) >= 11 is 0. The summed E-state index contributed by atoms with van der Waals surface area (Å²) in [4.78, 5) is 49.1. The van der Waals surface area contributed by atoms with Crippen LogP contribution in [0, 0.1) is 0 Å². The molecule has 3 rings (SSSR count). The molecule has 1 atom stereocenters. The molecule has 1 aliphatic rings. The van der Waals surface area contributed by atoms with E-state index in [1.54, 1.807) is 40.3 Å². The molecular formula is C33H46N3O6PS2. The van der Waals surface area contributed by atoms with Crippen molar-refractivity contribution in [3.8, 4) is 0 Å². The van der Waals surface area contributed by atoms with Gasteiger partial charge in [-0.05, 0) is 35.6 Å². The molecule has 45 heavy (non-hydrogen) atoms. The quantitative estimate of drug-likeness (QED) is 0.0858. The van der Waals surface area contributed by atoms with Crippen LogP contribution in [0.15, 0.2) is 48.5 Å². The number of anilines is 1. The minimum atomic E-state index is -3.49. The van der Waals surface area contributed by atoms with Crippen molar-refractivity contribution >= 4 is 64.7 Å². The number of fused-ring (bicyclic) bond motifs is 2. The number of para-hydroxylation sites is 1. The van der Waals surface area contributed by atoms with Crippen LogP contribution in [0.5, 0.6) is 0 Å². The lowest BCUT2D eigenvalue weighted by Gasteiger charge is -2.27. The van der Waals surface area contributed by atoms with Crippen molar-refractivity contribution < 1.29 is 28.4 Å². The summed E-state index contributed by atoms with van der Waals surface area (Å²) in [6.07, 6.45) is 8.46. The highest BCUT2D eigenvalue weighted by molar-refractivity contribution is 8.76. The van der Waals surface area contributed by atoms with Gasteiger partial charge in [-0.15, -0.1) is 0 Å². The van der Waals surface area contributed by atoms with Crippen LogP contribution < -0.4 is 15.5 Å². The predicted octanol–water partition coefficient (Wildman–Crippen LogP) is 6.66. The summed E-state index contributed by atoms with van der Waals surface area (Å²) in [5.74, 6) is 1.17. The van der Waals surface area contributed by atoms with E-state index in [-0.39, 0.29) is 37.3 Å². The SMILES string of the molecule is CC(C)P(=O)(O)OCCCCCCNC(=O)CCSSCCC(=O)NCCC(=O)N1Cc2ccccc2/C=C\c2ccccc21. The van der Waals surface area contributed by atoms with E-state index in [2.05, 4.69) is 16.7 Å². The van der Waals surface area contributed by atoms with Crippen LogP contribution >= 0.6 is 29.2 Å². The van der Waals surface area contributed by atoms with Gasteiger partial charge >= 0.3 is 7.60 Å². The Bertz CT molecular complexity index is 1340. The second kappa shape index (κ2) is 19.8. The van der Waals surface area contributed by atoms with Gasteiger partial charge in [0.1, 0.15) is 0 Å². The van der Waals surface area contributed by atoms with E-state index in [4.69, 9.17) is 4.52 Å². The Morgan fingerprint density at radius 3 is 2.16 bits per heavy atom. The Balaban J connectivity index is 1.22. The number of unbranched alkanes of at least 4 members (excludes halogenated alkanes) is 3. The van der Waals surface area contributed by atoms with Crippen LogP contribution in [0.3, 0.4) is 0 Å². The molecular weight excluding hydrogens is 629 g/mol. The molecule has 3 amide bonds. The second-order valence-corrected chi connectivity index (χ2v) is 16.2. The van der Waals surface area contributed by atoms with Crippen molar-refractivity contribution in [3.63, 3.8) is 0 Å². The maximum absolute atomic E-state index is 13.3. The van der Waals surface area contributed by atoms with Crippen molar-refractivity contribution in [1.82, 2.24) is 10.6 Å². The van der Waals surface area contributed by atoms with E-state index in [0.717, 1.165) is 48.1 Å². The third kappa shape index (κ3) is 13.4. The number of nitrogens with one attached hydrogen (secondary N) is 2. The van der Waals surface area contributed by atoms with Gasteiger partial charge in [-0.25, -0.2) is 0 Å². The van der Waals surface area contributed by atoms with E-state index in [1.807, 2.05) is 54.6 Å². The molecule has 0 spiro atoms. The van der Waals surface area contributed by atoms with Crippen molar-refractivity contribution in [2.75, 3.05) is 36.1 Å². The first kappa shape index (κ1) is 36.9. The molecule has 0 aromatic heterocycles. The van der Waals surface area contributed by atoms with Crippen LogP contribution in [0.1, 0.15) is 75.5 Å². The number of hydrogen-bond acceptors (Lipinski definition) is 7. The molecule has 2 aromatic rings. The first-order valence-corrected chi connectivity index (χ1v) is 19.7. The highest BCUT2D eigenvalue weighted by Crippen LogP contribution is 2.47. The van der Waals surface area contributed by atoms with Crippen molar-refractivity contribution in [2.45, 2.75) is 71.0 Å². The van der Waals surface area contributed by atoms with Crippen molar-refractivity contribution in [2.24, 2.45) is 0 Å². The van der Waals surface area contributed by atoms with Crippen LogP contribution in [0.25, 0.3) is 12.2 Å². The lowest BCUT2D eigenvalue weighted by atomic mass is 10.0. The Labute approximate surface area is 275 Å². The van der Waals surface area contributed by atoms with Gasteiger partial charge in [0.05, 0.1) is 24.5 Å². The van der Waals surface area contributed by atoms with Crippen LogP contribution in [0.4, 0.5) is 5.69 Å². The fraction of sp³-hybridized carbons (Fsp3) is 0.485. The molecule has 0 aliphatic carbocycles. The molecule has 0 saturated carbocycles. The molecule has 1 heterocycles. The highest BCUT2D eigenvalue weighted by atomic mass is 33.1. The van der Waals surface area contributed by atoms with Crippen LogP contribution in [-0.2, 0) is 30.0 Å². The second-order valence-electron chi connectivity index (χ2n) is 11.1. The molecule has 12 heteroatoms. The third-order valence-electron chi connectivity index (χ3n) is 7.25. The average Bonchev–Trinajstić information content (AvgIpc) is 3.01. The van der Waals surface area contributed by atoms with Gasteiger partial charge in [-0.2, -0.15) is 0 Å². The van der Waals surface area contributed by atoms with E-state index in [9.17, 15) is 23.8 Å². The highest BCUT2D eigenvalue weighted by Gasteiger charge is 2.24. The third-order valence-corrected chi connectivity index (χ3v) is 11.5. The fourth-order valence-corrected chi connectivity index (χ4v) is 7.20. The summed E-state index contributed by atoms with van der Waals surface area (Å²) in [5.41, 5.74) is 3.61. The normalized spacial score (nSPS) is 14.4. The van der Waals surface area contributed by atoms with Gasteiger partial charge in [0.25, 0.3) is 0 Å². The molecule has 1 aliphatic heterocycles. The van der Waals surface area contributed by atoms with Gasteiger partial charge in [-0.3, -0.25) is 18.9 Å². The van der Waals surface area contributed by atoms with Crippen molar-refractivity contribution in [3.05, 3.63) is 65.2 Å². The molecule has 0 fully saturated rings. The monoisotopic (exact) mass is 675 g/mol. The number of carbonyl (C=O) groups excluding carboxylic acids is 3. The van der Waals surface area contributed by atoms with Gasteiger partial charge in [-0.1, -0.05) is 103 Å². The summed E-state index contributed by atoms with van der Waals surface area (Å²) in [5, 5.41) is 5.79. The molecule has 9 nitrogen and oxygen atoms in total. The molecule has 246 valence electrons. The van der Waals surface area contributed by atoms with Gasteiger partial charge in [0.15, 0.2) is 0 Å². The number of nitrogens with zero attached hydrogens (tertiary/aromatic N) is 1. The topological polar surface area (TPSA) is 125 Å². The number of carbonyl (C=O) groups is 3. The lowest BCUT2D eigenvalue weighted by molar-refractivity contribution is -0.122. The summed E-state index contributed by atoms with van der Waals surface area (Å²) in [7, 11) is -0.352. The van der Waals surface area contributed by atoms with E-state index >= 15 is 0 Å². The maximum atomic E-state index is 13.3. The molecule has 0 saturated heterocycles. The Morgan fingerprint density at radius 1 is 0.844 bits per heavy atom. The molecule has 0 radical (unpaired) electrons. The van der Waals surface area contributed by atoms with Gasteiger partial charge < -0.3 is 25.0 Å². The number of benzene rings is 2. The zero-order chi connectivity index (χ0) is 32.5. The molecule has 0 bridgehead atoms. The predicted molar refractivity (Wildman–Crippen MR) is 187 cm³/mol. The molecule has 2 aromatic carbocycles. The number of rotatable bonds is 19. The minimum Gasteiger partial charge on any atom is -0.356 e. The Kier molecular flexibility index (Phi) is 16.3. The molecule has 1 unspecified atom stereocenters. The smallest absolute Gasteiger partial charge is 0.330 e. The van der Waals surface area contributed by atoms with E-state index < -0.39 is 13.3 Å². The number of hydrogen-bond donors (Lipinski definition) is 3. The summed E-state index contributed by atoms with van der Waals surface area (Å²) in [6, 6.07) is 15.9. The minimum absolute atomic E-state index is 0.00848. The average molecular weight is 676 g/mol. The fourth-order valence-electron chi connectivity index (χ4n) is 4.53. The van der Waals surface area contributed by atoms with Crippen LogP contribution in [-0.4, -0.2) is 59.5 Å². The van der Waals surface area contributed by atoms with Gasteiger partial charge in [0.2, 0.25) is 17.7 Å². The largest absolute Gasteiger partial charge is 0.356 e. The first-order valence-electron chi connectivity index (χ1n) is 15.6. The zero-order valence-electron chi connectivity index (χ0n) is 26.2. The van der Waals surface area contributed by atoms with Crippen LogP contribution in [0.2, 0.25) is 0 Å². The zero-order valence-corrected chi connectivity index (χ0v) is 28.8. The van der Waals surface area contributed by atoms with E-state index in [0.29, 0.717) is 37.4 Å². The Morgan fingerprint density at radius 2 is 1.44 bits per heavy atom. The van der Waals surface area contributed by atoms with E-state index in [1.165, 1.54) is 0 Å². The first-order chi connectivity index (χ1) is 21.7. The lowest BCUT2D eigenvalue weighted by Crippen LogP contribution is -2.35. The van der Waals surface area contributed by atoms with Gasteiger partial charge in [0, 0.05) is 43.9 Å². The maximum Gasteiger partial charge on any atom is 0.330 e.